The number of aliphatic imine (C=N–C) groups is 1. The van der Waals surface area contributed by atoms with E-state index in [1.807, 2.05) is 11.3 Å². The Balaban J connectivity index is 0.00000484. The number of guanidine groups is 1. The highest BCUT2D eigenvalue weighted by Crippen LogP contribution is 2.16. The van der Waals surface area contributed by atoms with Crippen LogP contribution in [0.25, 0.3) is 0 Å². The van der Waals surface area contributed by atoms with Gasteiger partial charge in [0, 0.05) is 35.3 Å². The molecule has 0 bridgehead atoms. The lowest BCUT2D eigenvalue weighted by Crippen LogP contribution is -2.43. The van der Waals surface area contributed by atoms with E-state index in [0.29, 0.717) is 6.04 Å². The van der Waals surface area contributed by atoms with Crippen molar-refractivity contribution >= 4 is 41.3 Å². The SMILES string of the molecule is CCNC(=NCCN(CC)CC)NC(C)Cc1ccc(C)s1.I. The highest BCUT2D eigenvalue weighted by molar-refractivity contribution is 14.0. The maximum atomic E-state index is 4.69. The van der Waals surface area contributed by atoms with Crippen LogP contribution in [0.15, 0.2) is 17.1 Å². The van der Waals surface area contributed by atoms with Crippen LogP contribution in [0, 0.1) is 6.92 Å². The van der Waals surface area contributed by atoms with Gasteiger partial charge in [0.1, 0.15) is 0 Å². The van der Waals surface area contributed by atoms with Gasteiger partial charge in [-0.2, -0.15) is 0 Å². The van der Waals surface area contributed by atoms with Gasteiger partial charge in [-0.25, -0.2) is 0 Å². The number of hydrogen-bond donors (Lipinski definition) is 2. The molecule has 1 aromatic heterocycles. The number of likely N-dealkylation sites (N-methyl/N-ethyl adjacent to an activating group) is 1. The molecule has 0 fully saturated rings. The molecule has 1 aromatic rings. The van der Waals surface area contributed by atoms with E-state index in [9.17, 15) is 0 Å². The van der Waals surface area contributed by atoms with Crippen LogP contribution in [0.1, 0.15) is 37.4 Å². The quantitative estimate of drug-likeness (QED) is 0.342. The summed E-state index contributed by atoms with van der Waals surface area (Å²) in [7, 11) is 0. The standard InChI is InChI=1S/C17H32N4S.HI/c1-6-18-17(19-11-12-21(7-2)8-3)20-14(4)13-16-10-9-15(5)22-16;/h9-10,14H,6-8,11-13H2,1-5H3,(H2,18,19,20);1H. The van der Waals surface area contributed by atoms with Crippen molar-refractivity contribution in [2.45, 2.75) is 47.1 Å². The Labute approximate surface area is 163 Å². The second-order valence-electron chi connectivity index (χ2n) is 5.55. The van der Waals surface area contributed by atoms with E-state index in [0.717, 1.165) is 45.1 Å². The Bertz CT molecular complexity index is 444. The minimum absolute atomic E-state index is 0. The fourth-order valence-electron chi connectivity index (χ4n) is 2.34. The van der Waals surface area contributed by atoms with Gasteiger partial charge in [0.25, 0.3) is 0 Å². The van der Waals surface area contributed by atoms with Gasteiger partial charge in [0.2, 0.25) is 0 Å². The Morgan fingerprint density at radius 2 is 1.96 bits per heavy atom. The van der Waals surface area contributed by atoms with Crippen molar-refractivity contribution in [2.24, 2.45) is 4.99 Å². The van der Waals surface area contributed by atoms with Gasteiger partial charge in [-0.15, -0.1) is 35.3 Å². The van der Waals surface area contributed by atoms with Gasteiger partial charge in [-0.05, 0) is 46.0 Å². The summed E-state index contributed by atoms with van der Waals surface area (Å²) in [4.78, 5) is 9.89. The van der Waals surface area contributed by atoms with Gasteiger partial charge in [0.15, 0.2) is 5.96 Å². The Hall–Kier alpha value is -0.340. The Kier molecular flexibility index (Phi) is 12.8. The number of halogens is 1. The molecule has 0 aliphatic heterocycles. The first-order valence-corrected chi connectivity index (χ1v) is 9.23. The molecule has 0 aromatic carbocycles. The molecule has 1 unspecified atom stereocenters. The van der Waals surface area contributed by atoms with E-state index in [4.69, 9.17) is 4.99 Å². The summed E-state index contributed by atoms with van der Waals surface area (Å²) in [6.45, 7) is 15.8. The van der Waals surface area contributed by atoms with Gasteiger partial charge in [0.05, 0.1) is 6.54 Å². The molecule has 134 valence electrons. The predicted molar refractivity (Wildman–Crippen MR) is 115 cm³/mol. The molecule has 6 heteroatoms. The molecule has 0 aliphatic carbocycles. The van der Waals surface area contributed by atoms with E-state index >= 15 is 0 Å². The molecule has 0 spiro atoms. The van der Waals surface area contributed by atoms with Crippen molar-refractivity contribution in [3.63, 3.8) is 0 Å². The fourth-order valence-corrected chi connectivity index (χ4v) is 3.36. The summed E-state index contributed by atoms with van der Waals surface area (Å²) < 4.78 is 0. The van der Waals surface area contributed by atoms with Crippen molar-refractivity contribution in [3.8, 4) is 0 Å². The van der Waals surface area contributed by atoms with Gasteiger partial charge >= 0.3 is 0 Å². The normalized spacial score (nSPS) is 12.9. The van der Waals surface area contributed by atoms with E-state index in [2.05, 4.69) is 62.3 Å². The molecule has 23 heavy (non-hydrogen) atoms. The second kappa shape index (κ2) is 13.0. The maximum absolute atomic E-state index is 4.69. The predicted octanol–water partition coefficient (Wildman–Crippen LogP) is 3.50. The zero-order valence-electron chi connectivity index (χ0n) is 15.2. The summed E-state index contributed by atoms with van der Waals surface area (Å²) in [5.41, 5.74) is 0. The van der Waals surface area contributed by atoms with Crippen LogP contribution in [0.4, 0.5) is 0 Å². The van der Waals surface area contributed by atoms with Crippen molar-refractivity contribution < 1.29 is 0 Å². The lowest BCUT2D eigenvalue weighted by molar-refractivity contribution is 0.313. The van der Waals surface area contributed by atoms with Crippen molar-refractivity contribution in [3.05, 3.63) is 21.9 Å². The van der Waals surface area contributed by atoms with Crippen LogP contribution in [0.5, 0.6) is 0 Å². The van der Waals surface area contributed by atoms with Gasteiger partial charge in [-0.1, -0.05) is 13.8 Å². The second-order valence-corrected chi connectivity index (χ2v) is 6.92. The first-order valence-electron chi connectivity index (χ1n) is 8.41. The van der Waals surface area contributed by atoms with Crippen LogP contribution >= 0.6 is 35.3 Å². The summed E-state index contributed by atoms with van der Waals surface area (Å²) in [6, 6.07) is 4.79. The number of nitrogens with one attached hydrogen (secondary N) is 2. The lowest BCUT2D eigenvalue weighted by atomic mass is 10.2. The summed E-state index contributed by atoms with van der Waals surface area (Å²) in [5.74, 6) is 0.926. The van der Waals surface area contributed by atoms with E-state index in [-0.39, 0.29) is 24.0 Å². The number of nitrogens with zero attached hydrogens (tertiary/aromatic N) is 2. The third-order valence-corrected chi connectivity index (χ3v) is 4.63. The fraction of sp³-hybridized carbons (Fsp3) is 0.706. The lowest BCUT2D eigenvalue weighted by Gasteiger charge is -2.19. The number of hydrogen-bond acceptors (Lipinski definition) is 3. The first kappa shape index (κ1) is 22.7. The molecule has 1 heterocycles. The summed E-state index contributed by atoms with van der Waals surface area (Å²) in [6.07, 6.45) is 1.04. The van der Waals surface area contributed by atoms with Crippen LogP contribution in [0.2, 0.25) is 0 Å². The van der Waals surface area contributed by atoms with Crippen LogP contribution in [-0.4, -0.2) is 49.6 Å². The molecule has 0 aliphatic rings. The molecule has 4 nitrogen and oxygen atoms in total. The molecule has 0 saturated heterocycles. The minimum Gasteiger partial charge on any atom is -0.357 e. The number of aryl methyl sites for hydroxylation is 1. The molecule has 2 N–H and O–H groups in total. The number of thiophene rings is 1. The van der Waals surface area contributed by atoms with Crippen molar-refractivity contribution in [1.82, 2.24) is 15.5 Å². The van der Waals surface area contributed by atoms with Crippen LogP contribution < -0.4 is 10.6 Å². The van der Waals surface area contributed by atoms with Gasteiger partial charge < -0.3 is 15.5 Å². The molecule has 1 atom stereocenters. The topological polar surface area (TPSA) is 39.7 Å². The third kappa shape index (κ3) is 9.52. The average Bonchev–Trinajstić information content (AvgIpc) is 2.88. The van der Waals surface area contributed by atoms with Crippen LogP contribution in [0.3, 0.4) is 0 Å². The maximum Gasteiger partial charge on any atom is 0.191 e. The zero-order chi connectivity index (χ0) is 16.4. The molecule has 1 rings (SSSR count). The third-order valence-electron chi connectivity index (χ3n) is 3.61. The Morgan fingerprint density at radius 3 is 2.48 bits per heavy atom. The monoisotopic (exact) mass is 452 g/mol. The average molecular weight is 452 g/mol. The summed E-state index contributed by atoms with van der Waals surface area (Å²) >= 11 is 1.88. The van der Waals surface area contributed by atoms with Gasteiger partial charge in [-0.3, -0.25) is 4.99 Å². The Morgan fingerprint density at radius 1 is 1.26 bits per heavy atom. The van der Waals surface area contributed by atoms with E-state index in [1.54, 1.807) is 0 Å². The van der Waals surface area contributed by atoms with Crippen molar-refractivity contribution in [2.75, 3.05) is 32.7 Å². The molecule has 0 radical (unpaired) electrons. The minimum atomic E-state index is 0. The van der Waals surface area contributed by atoms with E-state index < -0.39 is 0 Å². The largest absolute Gasteiger partial charge is 0.357 e. The molecule has 0 saturated carbocycles. The van der Waals surface area contributed by atoms with Crippen molar-refractivity contribution in [1.29, 1.82) is 0 Å². The first-order chi connectivity index (χ1) is 10.6. The van der Waals surface area contributed by atoms with Crippen LogP contribution in [-0.2, 0) is 6.42 Å². The van der Waals surface area contributed by atoms with E-state index in [1.165, 1.54) is 9.75 Å². The highest BCUT2D eigenvalue weighted by Gasteiger charge is 2.08. The highest BCUT2D eigenvalue weighted by atomic mass is 127. The number of rotatable bonds is 9. The smallest absolute Gasteiger partial charge is 0.191 e. The summed E-state index contributed by atoms with van der Waals surface area (Å²) in [5, 5.41) is 6.85. The molecular formula is C17H33IN4S. The molecule has 0 amide bonds. The molecular weight excluding hydrogens is 419 g/mol. The zero-order valence-corrected chi connectivity index (χ0v) is 18.3.